The van der Waals surface area contributed by atoms with Gasteiger partial charge < -0.3 is 10.4 Å². The van der Waals surface area contributed by atoms with Crippen molar-refractivity contribution in [1.29, 1.82) is 5.26 Å². The Labute approximate surface area is 219 Å². The number of aliphatic hydroxyl groups is 1. The number of carbonyl (C=O) groups excluding carboxylic acids is 1. The molecule has 2 N–H and O–H groups in total. The molecule has 2 fully saturated rings. The number of hydrogen-bond acceptors (Lipinski definition) is 6. The average molecular weight is 551 g/mol. The maximum absolute atomic E-state index is 13.2. The number of halogens is 3. The second kappa shape index (κ2) is 11.0. The van der Waals surface area contributed by atoms with Crippen molar-refractivity contribution < 1.29 is 31.5 Å². The molecule has 3 atom stereocenters. The van der Waals surface area contributed by atoms with Crippen LogP contribution in [0.15, 0.2) is 53.4 Å². The van der Waals surface area contributed by atoms with Crippen LogP contribution >= 0.6 is 0 Å². The van der Waals surface area contributed by atoms with Gasteiger partial charge >= 0.3 is 6.18 Å². The number of nitrogens with one attached hydrogen (secondary N) is 1. The second-order valence-electron chi connectivity index (χ2n) is 9.58. The van der Waals surface area contributed by atoms with E-state index in [-0.39, 0.29) is 29.8 Å². The van der Waals surface area contributed by atoms with Gasteiger partial charge in [-0.25, -0.2) is 8.42 Å². The van der Waals surface area contributed by atoms with Gasteiger partial charge in [0.05, 0.1) is 34.5 Å². The average Bonchev–Trinajstić information content (AvgIpc) is 3.36. The van der Waals surface area contributed by atoms with Crippen molar-refractivity contribution in [2.75, 3.05) is 19.6 Å². The monoisotopic (exact) mass is 550 g/mol. The minimum atomic E-state index is -4.45. The summed E-state index contributed by atoms with van der Waals surface area (Å²) in [5.74, 6) is -0.697. The maximum Gasteiger partial charge on any atom is 0.416 e. The molecule has 1 unspecified atom stereocenters. The van der Waals surface area contributed by atoms with Crippen molar-refractivity contribution in [2.45, 2.75) is 55.6 Å². The van der Waals surface area contributed by atoms with Crippen molar-refractivity contribution in [3.05, 3.63) is 65.2 Å². The molecule has 38 heavy (non-hydrogen) atoms. The molecular weight excluding hydrogens is 521 g/mol. The lowest BCUT2D eigenvalue weighted by atomic mass is 10.0. The number of nitrogens with zero attached hydrogens (tertiary/aromatic N) is 3. The van der Waals surface area contributed by atoms with Crippen LogP contribution in [0.25, 0.3) is 0 Å². The largest absolute Gasteiger partial charge is 0.416 e. The van der Waals surface area contributed by atoms with Crippen LogP contribution in [0.5, 0.6) is 0 Å². The second-order valence-corrected chi connectivity index (χ2v) is 11.5. The number of benzene rings is 2. The predicted octanol–water partition coefficient (Wildman–Crippen LogP) is 3.57. The summed E-state index contributed by atoms with van der Waals surface area (Å²) in [7, 11) is -3.81. The van der Waals surface area contributed by atoms with E-state index in [9.17, 15) is 31.5 Å². The Morgan fingerprint density at radius 1 is 1.18 bits per heavy atom. The number of carbonyl (C=O) groups is 1. The Morgan fingerprint density at radius 3 is 2.47 bits per heavy atom. The smallest absolute Gasteiger partial charge is 0.374 e. The first-order valence-electron chi connectivity index (χ1n) is 12.4. The SMILES string of the molecule is CC[C@H](NC(=O)[C@H]1CCCN1C(O)c1cccc(S(=O)(=O)N2CC(C#N)C2)c1)c1ccc(C(F)(F)F)cc1. The quantitative estimate of drug-likeness (QED) is 0.520. The summed E-state index contributed by atoms with van der Waals surface area (Å²) in [6, 6.07) is 11.4. The molecule has 2 aliphatic heterocycles. The summed E-state index contributed by atoms with van der Waals surface area (Å²) in [6.45, 7) is 2.46. The van der Waals surface area contributed by atoms with Gasteiger partial charge in [0, 0.05) is 19.6 Å². The summed E-state index contributed by atoms with van der Waals surface area (Å²) >= 11 is 0. The lowest BCUT2D eigenvalue weighted by molar-refractivity contribution is -0.137. The fraction of sp³-hybridized carbons (Fsp3) is 0.462. The highest BCUT2D eigenvalue weighted by atomic mass is 32.2. The van der Waals surface area contributed by atoms with E-state index >= 15 is 0 Å². The molecule has 0 aromatic heterocycles. The summed E-state index contributed by atoms with van der Waals surface area (Å²) < 4.78 is 65.8. The van der Waals surface area contributed by atoms with Crippen LogP contribution in [0.2, 0.25) is 0 Å². The normalized spacial score (nSPS) is 20.9. The Kier molecular flexibility index (Phi) is 8.13. The van der Waals surface area contributed by atoms with E-state index in [1.807, 2.05) is 13.0 Å². The van der Waals surface area contributed by atoms with Gasteiger partial charge in [-0.1, -0.05) is 31.2 Å². The first kappa shape index (κ1) is 28.0. The lowest BCUT2D eigenvalue weighted by Gasteiger charge is -2.34. The van der Waals surface area contributed by atoms with Gasteiger partial charge in [0.1, 0.15) is 6.23 Å². The number of alkyl halides is 3. The number of aliphatic hydroxyl groups excluding tert-OH is 1. The van der Waals surface area contributed by atoms with Crippen molar-refractivity contribution in [2.24, 2.45) is 5.92 Å². The molecule has 0 radical (unpaired) electrons. The highest BCUT2D eigenvalue weighted by Crippen LogP contribution is 2.33. The molecule has 0 spiro atoms. The van der Waals surface area contributed by atoms with Crippen molar-refractivity contribution in [3.63, 3.8) is 0 Å². The first-order chi connectivity index (χ1) is 18.0. The van der Waals surface area contributed by atoms with Crippen LogP contribution in [0.1, 0.15) is 55.1 Å². The number of hydrogen-bond donors (Lipinski definition) is 2. The highest BCUT2D eigenvalue weighted by Gasteiger charge is 2.39. The topological polar surface area (TPSA) is 114 Å². The molecule has 2 saturated heterocycles. The van der Waals surface area contributed by atoms with E-state index < -0.39 is 40.1 Å². The Bertz CT molecular complexity index is 1310. The summed E-state index contributed by atoms with van der Waals surface area (Å²) in [4.78, 5) is 14.8. The summed E-state index contributed by atoms with van der Waals surface area (Å²) in [5, 5.41) is 23.0. The van der Waals surface area contributed by atoms with Gasteiger partial charge in [0.2, 0.25) is 15.9 Å². The zero-order valence-corrected chi connectivity index (χ0v) is 21.5. The van der Waals surface area contributed by atoms with Gasteiger partial charge in [-0.3, -0.25) is 9.69 Å². The van der Waals surface area contributed by atoms with E-state index in [1.165, 1.54) is 34.6 Å². The van der Waals surface area contributed by atoms with Crippen LogP contribution < -0.4 is 5.32 Å². The van der Waals surface area contributed by atoms with Crippen molar-refractivity contribution in [3.8, 4) is 6.07 Å². The number of rotatable bonds is 8. The van der Waals surface area contributed by atoms with Crippen LogP contribution in [0.3, 0.4) is 0 Å². The van der Waals surface area contributed by atoms with E-state index in [4.69, 9.17) is 5.26 Å². The molecule has 0 bridgehead atoms. The lowest BCUT2D eigenvalue weighted by Crippen LogP contribution is -2.49. The summed E-state index contributed by atoms with van der Waals surface area (Å²) in [6.07, 6.45) is -4.14. The van der Waals surface area contributed by atoms with Crippen LogP contribution in [0, 0.1) is 17.2 Å². The van der Waals surface area contributed by atoms with Crippen molar-refractivity contribution >= 4 is 15.9 Å². The molecule has 0 aliphatic carbocycles. The predicted molar refractivity (Wildman–Crippen MR) is 132 cm³/mol. The van der Waals surface area contributed by atoms with Crippen LogP contribution in [-0.2, 0) is 21.0 Å². The van der Waals surface area contributed by atoms with Gasteiger partial charge in [-0.2, -0.15) is 22.7 Å². The molecular formula is C26H29F3N4O4S. The zero-order valence-electron chi connectivity index (χ0n) is 20.7. The molecule has 4 rings (SSSR count). The molecule has 8 nitrogen and oxygen atoms in total. The molecule has 2 aromatic carbocycles. The van der Waals surface area contributed by atoms with Gasteiger partial charge in [-0.15, -0.1) is 0 Å². The minimum Gasteiger partial charge on any atom is -0.374 e. The Hall–Kier alpha value is -2.98. The third kappa shape index (κ3) is 5.71. The van der Waals surface area contributed by atoms with Crippen LogP contribution in [0.4, 0.5) is 13.2 Å². The van der Waals surface area contributed by atoms with Gasteiger partial charge in [0.15, 0.2) is 0 Å². The molecule has 204 valence electrons. The Balaban J connectivity index is 1.46. The molecule has 12 heteroatoms. The maximum atomic E-state index is 13.2. The number of amides is 1. The van der Waals surface area contributed by atoms with E-state index in [1.54, 1.807) is 11.0 Å². The third-order valence-electron chi connectivity index (χ3n) is 7.10. The standard InChI is InChI=1S/C26H29F3N4O4S/c1-2-22(18-8-10-20(11-9-18)26(27,28)29)31-24(34)23-7-4-12-33(23)25(35)19-5-3-6-21(13-19)38(36,37)32-15-17(14-30)16-32/h3,5-6,8-11,13,17,22-23,25,35H,2,4,7,12,15-16H2,1H3,(H,31,34)/t22-,23+,25?/m0/s1. The number of likely N-dealkylation sites (tertiary alicyclic amines) is 1. The minimum absolute atomic E-state index is 0.000936. The molecule has 0 saturated carbocycles. The fourth-order valence-electron chi connectivity index (χ4n) is 4.85. The molecule has 1 amide bonds. The van der Waals surface area contributed by atoms with Crippen molar-refractivity contribution in [1.82, 2.24) is 14.5 Å². The molecule has 2 aromatic rings. The van der Waals surface area contributed by atoms with Crippen LogP contribution in [-0.4, -0.2) is 54.3 Å². The van der Waals surface area contributed by atoms with Gasteiger partial charge in [-0.05, 0) is 54.7 Å². The summed E-state index contributed by atoms with van der Waals surface area (Å²) in [5.41, 5.74) is 0.0927. The van der Waals surface area contributed by atoms with E-state index in [2.05, 4.69) is 5.32 Å². The number of nitriles is 1. The number of sulfonamides is 1. The Morgan fingerprint density at radius 2 is 1.87 bits per heavy atom. The fourth-order valence-corrected chi connectivity index (χ4v) is 6.44. The molecule has 2 aliphatic rings. The zero-order chi connectivity index (χ0) is 27.7. The first-order valence-corrected chi connectivity index (χ1v) is 13.8. The highest BCUT2D eigenvalue weighted by molar-refractivity contribution is 7.89. The third-order valence-corrected chi connectivity index (χ3v) is 8.93. The molecule has 2 heterocycles. The van der Waals surface area contributed by atoms with Gasteiger partial charge in [0.25, 0.3) is 0 Å². The van der Waals surface area contributed by atoms with E-state index in [0.29, 0.717) is 36.9 Å². The van der Waals surface area contributed by atoms with E-state index in [0.717, 1.165) is 12.1 Å².